The second kappa shape index (κ2) is 5.79. The normalized spacial score (nSPS) is 26.0. The van der Waals surface area contributed by atoms with E-state index in [1.807, 2.05) is 31.2 Å². The number of fused-ring (bicyclic) bond motifs is 1. The highest BCUT2D eigenvalue weighted by atomic mass is 79.9. The van der Waals surface area contributed by atoms with Gasteiger partial charge in [0.15, 0.2) is 0 Å². The Morgan fingerprint density at radius 1 is 1.24 bits per heavy atom. The van der Waals surface area contributed by atoms with Gasteiger partial charge in [-0.25, -0.2) is 0 Å². The Balaban J connectivity index is 2.01. The molecule has 0 aromatic heterocycles. The van der Waals surface area contributed by atoms with Crippen LogP contribution in [0.1, 0.15) is 32.6 Å². The van der Waals surface area contributed by atoms with E-state index in [9.17, 15) is 9.59 Å². The first kappa shape index (κ1) is 14.6. The number of hydrogen-bond acceptors (Lipinski definition) is 2. The van der Waals surface area contributed by atoms with Crippen LogP contribution in [0.3, 0.4) is 0 Å². The molecule has 2 heterocycles. The maximum Gasteiger partial charge on any atom is 0.250 e. The van der Waals surface area contributed by atoms with Crippen molar-refractivity contribution in [2.75, 3.05) is 11.4 Å². The molecule has 2 aliphatic rings. The SMILES string of the molecule is CCC1C(=O)N2CCCCC2C(=O)N1c1cccc(Br)c1. The summed E-state index contributed by atoms with van der Waals surface area (Å²) in [6.07, 6.45) is 3.44. The fourth-order valence-corrected chi connectivity index (χ4v) is 3.75. The van der Waals surface area contributed by atoms with Crippen molar-refractivity contribution in [3.63, 3.8) is 0 Å². The number of piperidine rings is 1. The van der Waals surface area contributed by atoms with Crippen molar-refractivity contribution in [1.29, 1.82) is 0 Å². The predicted molar refractivity (Wildman–Crippen MR) is 85.1 cm³/mol. The van der Waals surface area contributed by atoms with Crippen molar-refractivity contribution in [2.45, 2.75) is 44.7 Å². The molecule has 0 aliphatic carbocycles. The lowest BCUT2D eigenvalue weighted by atomic mass is 9.94. The van der Waals surface area contributed by atoms with Crippen molar-refractivity contribution in [3.05, 3.63) is 28.7 Å². The number of benzene rings is 1. The van der Waals surface area contributed by atoms with Crippen LogP contribution in [0.5, 0.6) is 0 Å². The molecule has 2 fully saturated rings. The number of carbonyl (C=O) groups excluding carboxylic acids is 2. The van der Waals surface area contributed by atoms with Gasteiger partial charge in [0.05, 0.1) is 0 Å². The molecule has 0 bridgehead atoms. The minimum Gasteiger partial charge on any atom is -0.329 e. The number of nitrogens with zero attached hydrogens (tertiary/aromatic N) is 2. The molecule has 1 aromatic rings. The monoisotopic (exact) mass is 350 g/mol. The molecule has 2 unspecified atom stereocenters. The summed E-state index contributed by atoms with van der Waals surface area (Å²) >= 11 is 3.44. The van der Waals surface area contributed by atoms with Gasteiger partial charge in [0.2, 0.25) is 5.91 Å². The van der Waals surface area contributed by atoms with Crippen molar-refractivity contribution in [2.24, 2.45) is 0 Å². The number of carbonyl (C=O) groups is 2. The molecule has 0 spiro atoms. The summed E-state index contributed by atoms with van der Waals surface area (Å²) in [4.78, 5) is 29.1. The molecule has 3 rings (SSSR count). The number of anilines is 1. The Bertz CT molecular complexity index is 575. The molecule has 0 radical (unpaired) electrons. The maximum absolute atomic E-state index is 12.9. The van der Waals surface area contributed by atoms with Gasteiger partial charge in [0, 0.05) is 16.7 Å². The standard InChI is InChI=1S/C16H19BrN2O2/c1-2-13-15(20)18-9-4-3-8-14(18)16(21)19(13)12-7-5-6-11(17)10-12/h5-7,10,13-14H,2-4,8-9H2,1H3. The molecular formula is C16H19BrN2O2. The van der Waals surface area contributed by atoms with Crippen LogP contribution in [-0.4, -0.2) is 35.3 Å². The third-order valence-electron chi connectivity index (χ3n) is 4.38. The minimum atomic E-state index is -0.374. The molecule has 112 valence electrons. The van der Waals surface area contributed by atoms with E-state index >= 15 is 0 Å². The van der Waals surface area contributed by atoms with Crippen LogP contribution < -0.4 is 4.90 Å². The second-order valence-corrected chi connectivity index (χ2v) is 6.57. The van der Waals surface area contributed by atoms with Gasteiger partial charge < -0.3 is 4.90 Å². The number of halogens is 1. The molecule has 0 N–H and O–H groups in total. The van der Waals surface area contributed by atoms with E-state index in [0.29, 0.717) is 6.42 Å². The first-order valence-electron chi connectivity index (χ1n) is 7.52. The first-order chi connectivity index (χ1) is 10.1. The van der Waals surface area contributed by atoms with Gasteiger partial charge in [0.1, 0.15) is 12.1 Å². The Morgan fingerprint density at radius 2 is 2.05 bits per heavy atom. The second-order valence-electron chi connectivity index (χ2n) is 5.66. The lowest BCUT2D eigenvalue weighted by molar-refractivity contribution is -0.148. The minimum absolute atomic E-state index is 0.0688. The zero-order valence-electron chi connectivity index (χ0n) is 12.1. The summed E-state index contributed by atoms with van der Waals surface area (Å²) < 4.78 is 0.918. The molecule has 0 saturated carbocycles. The van der Waals surface area contributed by atoms with E-state index in [2.05, 4.69) is 15.9 Å². The molecule has 4 nitrogen and oxygen atoms in total. The van der Waals surface area contributed by atoms with E-state index in [1.165, 1.54) is 0 Å². The zero-order valence-corrected chi connectivity index (χ0v) is 13.7. The van der Waals surface area contributed by atoms with Crippen LogP contribution in [0, 0.1) is 0 Å². The average Bonchev–Trinajstić information content (AvgIpc) is 2.50. The number of rotatable bonds is 2. The van der Waals surface area contributed by atoms with E-state index in [-0.39, 0.29) is 23.9 Å². The maximum atomic E-state index is 12.9. The molecule has 2 saturated heterocycles. The number of hydrogen-bond donors (Lipinski definition) is 0. The zero-order chi connectivity index (χ0) is 15.0. The Morgan fingerprint density at radius 3 is 2.76 bits per heavy atom. The third-order valence-corrected chi connectivity index (χ3v) is 4.87. The summed E-state index contributed by atoms with van der Waals surface area (Å²) in [6.45, 7) is 2.68. The Labute approximate surface area is 133 Å². The third kappa shape index (κ3) is 2.48. The van der Waals surface area contributed by atoms with Gasteiger partial charge in [-0.3, -0.25) is 14.5 Å². The molecule has 2 atom stereocenters. The molecule has 21 heavy (non-hydrogen) atoms. The van der Waals surface area contributed by atoms with Gasteiger partial charge >= 0.3 is 0 Å². The van der Waals surface area contributed by atoms with Crippen LogP contribution in [0.4, 0.5) is 5.69 Å². The topological polar surface area (TPSA) is 40.6 Å². The Kier molecular flexibility index (Phi) is 4.02. The van der Waals surface area contributed by atoms with Gasteiger partial charge in [-0.1, -0.05) is 28.9 Å². The van der Waals surface area contributed by atoms with Gasteiger partial charge in [-0.15, -0.1) is 0 Å². The van der Waals surface area contributed by atoms with Crippen LogP contribution in [-0.2, 0) is 9.59 Å². The van der Waals surface area contributed by atoms with Crippen molar-refractivity contribution >= 4 is 33.4 Å². The predicted octanol–water partition coefficient (Wildman–Crippen LogP) is 2.96. The summed E-state index contributed by atoms with van der Waals surface area (Å²) in [5, 5.41) is 0. The largest absolute Gasteiger partial charge is 0.329 e. The van der Waals surface area contributed by atoms with Crippen molar-refractivity contribution < 1.29 is 9.59 Å². The first-order valence-corrected chi connectivity index (χ1v) is 8.32. The van der Waals surface area contributed by atoms with Crippen molar-refractivity contribution in [3.8, 4) is 0 Å². The van der Waals surface area contributed by atoms with Gasteiger partial charge in [-0.2, -0.15) is 0 Å². The highest BCUT2D eigenvalue weighted by Gasteiger charge is 2.46. The summed E-state index contributed by atoms with van der Waals surface area (Å²) in [6, 6.07) is 6.99. The van der Waals surface area contributed by atoms with E-state index < -0.39 is 0 Å². The fourth-order valence-electron chi connectivity index (χ4n) is 3.36. The van der Waals surface area contributed by atoms with Crippen LogP contribution in [0.25, 0.3) is 0 Å². The highest BCUT2D eigenvalue weighted by Crippen LogP contribution is 2.32. The summed E-state index contributed by atoms with van der Waals surface area (Å²) in [5.41, 5.74) is 0.805. The average molecular weight is 351 g/mol. The lowest BCUT2D eigenvalue weighted by Crippen LogP contribution is -2.66. The quantitative estimate of drug-likeness (QED) is 0.822. The lowest BCUT2D eigenvalue weighted by Gasteiger charge is -2.46. The smallest absolute Gasteiger partial charge is 0.250 e. The molecular weight excluding hydrogens is 332 g/mol. The summed E-state index contributed by atoms with van der Waals surface area (Å²) in [7, 11) is 0. The van der Waals surface area contributed by atoms with Crippen LogP contribution in [0.15, 0.2) is 28.7 Å². The summed E-state index contributed by atoms with van der Waals surface area (Å²) in [5.74, 6) is 0.168. The van der Waals surface area contributed by atoms with E-state index in [1.54, 1.807) is 9.80 Å². The van der Waals surface area contributed by atoms with E-state index in [0.717, 1.165) is 36.0 Å². The van der Waals surface area contributed by atoms with Gasteiger partial charge in [0.25, 0.3) is 5.91 Å². The van der Waals surface area contributed by atoms with Crippen LogP contribution in [0.2, 0.25) is 0 Å². The fraction of sp³-hybridized carbons (Fsp3) is 0.500. The number of piperazine rings is 1. The molecule has 1 aromatic carbocycles. The molecule has 2 aliphatic heterocycles. The van der Waals surface area contributed by atoms with Crippen molar-refractivity contribution in [1.82, 2.24) is 4.90 Å². The Hall–Kier alpha value is -1.36. The van der Waals surface area contributed by atoms with E-state index in [4.69, 9.17) is 0 Å². The van der Waals surface area contributed by atoms with Gasteiger partial charge in [-0.05, 0) is 43.9 Å². The molecule has 2 amide bonds. The number of amides is 2. The van der Waals surface area contributed by atoms with Crippen LogP contribution >= 0.6 is 15.9 Å². The molecule has 5 heteroatoms. The highest BCUT2D eigenvalue weighted by molar-refractivity contribution is 9.10.